The second-order valence-corrected chi connectivity index (χ2v) is 4.64. The van der Waals surface area contributed by atoms with Crippen molar-refractivity contribution < 1.29 is 4.79 Å². The van der Waals surface area contributed by atoms with Crippen LogP contribution >= 0.6 is 11.6 Å². The third kappa shape index (κ3) is 3.97. The van der Waals surface area contributed by atoms with Crippen LogP contribution in [-0.4, -0.2) is 5.91 Å². The van der Waals surface area contributed by atoms with E-state index in [1.807, 2.05) is 36.4 Å². The van der Waals surface area contributed by atoms with E-state index in [1.165, 1.54) is 0 Å². The van der Waals surface area contributed by atoms with Crippen LogP contribution in [0.1, 0.15) is 12.5 Å². The van der Waals surface area contributed by atoms with Crippen molar-refractivity contribution in [3.05, 3.63) is 70.8 Å². The molecule has 0 heterocycles. The molecule has 3 heteroatoms. The lowest BCUT2D eigenvalue weighted by molar-refractivity contribution is -0.112. The monoisotopic (exact) mass is 271 g/mol. The Morgan fingerprint density at radius 2 is 1.68 bits per heavy atom. The van der Waals surface area contributed by atoms with Crippen LogP contribution in [0.3, 0.4) is 0 Å². The quantitative estimate of drug-likeness (QED) is 0.825. The van der Waals surface area contributed by atoms with Crippen molar-refractivity contribution in [2.24, 2.45) is 0 Å². The Kier molecular flexibility index (Phi) is 4.37. The van der Waals surface area contributed by atoms with Crippen molar-refractivity contribution in [2.75, 3.05) is 5.32 Å². The van der Waals surface area contributed by atoms with E-state index >= 15 is 0 Å². The van der Waals surface area contributed by atoms with E-state index in [1.54, 1.807) is 31.2 Å². The molecule has 1 N–H and O–H groups in total. The molecule has 0 saturated carbocycles. The van der Waals surface area contributed by atoms with Gasteiger partial charge in [0.05, 0.1) is 0 Å². The van der Waals surface area contributed by atoms with Gasteiger partial charge < -0.3 is 5.32 Å². The highest BCUT2D eigenvalue weighted by Gasteiger charge is 2.04. The summed E-state index contributed by atoms with van der Waals surface area (Å²) < 4.78 is 0. The lowest BCUT2D eigenvalue weighted by atomic mass is 10.1. The van der Waals surface area contributed by atoms with E-state index in [0.717, 1.165) is 11.3 Å². The first kappa shape index (κ1) is 13.4. The molecular weight excluding hydrogens is 258 g/mol. The average molecular weight is 272 g/mol. The third-order valence-electron chi connectivity index (χ3n) is 2.64. The van der Waals surface area contributed by atoms with Crippen molar-refractivity contribution in [3.8, 4) is 0 Å². The molecule has 1 amide bonds. The Labute approximate surface area is 117 Å². The summed E-state index contributed by atoms with van der Waals surface area (Å²) in [5.41, 5.74) is 2.39. The zero-order chi connectivity index (χ0) is 13.7. The number of carbonyl (C=O) groups is 1. The Hall–Kier alpha value is -2.06. The van der Waals surface area contributed by atoms with Gasteiger partial charge in [-0.3, -0.25) is 4.79 Å². The molecule has 0 aromatic heterocycles. The molecule has 0 aliphatic rings. The van der Waals surface area contributed by atoms with Gasteiger partial charge >= 0.3 is 0 Å². The highest BCUT2D eigenvalue weighted by atomic mass is 35.5. The summed E-state index contributed by atoms with van der Waals surface area (Å²) in [6, 6.07) is 16.8. The summed E-state index contributed by atoms with van der Waals surface area (Å²) in [5, 5.41) is 3.47. The number of rotatable bonds is 3. The molecule has 0 aliphatic heterocycles. The van der Waals surface area contributed by atoms with Gasteiger partial charge in [0.1, 0.15) is 0 Å². The average Bonchev–Trinajstić information content (AvgIpc) is 2.42. The lowest BCUT2D eigenvalue weighted by Crippen LogP contribution is -2.12. The third-order valence-corrected chi connectivity index (χ3v) is 2.89. The smallest absolute Gasteiger partial charge is 0.251 e. The van der Waals surface area contributed by atoms with Crippen molar-refractivity contribution in [1.29, 1.82) is 0 Å². The maximum Gasteiger partial charge on any atom is 0.251 e. The van der Waals surface area contributed by atoms with Crippen LogP contribution in [0.5, 0.6) is 0 Å². The number of amides is 1. The molecule has 96 valence electrons. The van der Waals surface area contributed by atoms with Crippen molar-refractivity contribution >= 4 is 29.3 Å². The maximum atomic E-state index is 12.0. The summed E-state index contributed by atoms with van der Waals surface area (Å²) in [7, 11) is 0. The number of anilines is 1. The zero-order valence-corrected chi connectivity index (χ0v) is 11.3. The number of nitrogens with one attached hydrogen (secondary N) is 1. The van der Waals surface area contributed by atoms with Gasteiger partial charge in [-0.2, -0.15) is 0 Å². The predicted molar refractivity (Wildman–Crippen MR) is 80.2 cm³/mol. The highest BCUT2D eigenvalue weighted by Crippen LogP contribution is 2.15. The topological polar surface area (TPSA) is 29.1 Å². The van der Waals surface area contributed by atoms with E-state index in [-0.39, 0.29) is 5.91 Å². The minimum Gasteiger partial charge on any atom is -0.322 e. The SMILES string of the molecule is CC(=Cc1ccccc1)C(=O)Nc1ccc(Cl)cc1. The Morgan fingerprint density at radius 3 is 2.32 bits per heavy atom. The first-order valence-electron chi connectivity index (χ1n) is 5.95. The van der Waals surface area contributed by atoms with Gasteiger partial charge in [-0.15, -0.1) is 0 Å². The number of hydrogen-bond acceptors (Lipinski definition) is 1. The normalized spacial score (nSPS) is 11.2. The van der Waals surface area contributed by atoms with Crippen molar-refractivity contribution in [2.45, 2.75) is 6.92 Å². The number of benzene rings is 2. The Morgan fingerprint density at radius 1 is 1.05 bits per heavy atom. The summed E-state index contributed by atoms with van der Waals surface area (Å²) in [6.07, 6.45) is 1.85. The summed E-state index contributed by atoms with van der Waals surface area (Å²) in [6.45, 7) is 1.79. The molecule has 0 radical (unpaired) electrons. The zero-order valence-electron chi connectivity index (χ0n) is 10.6. The van der Waals surface area contributed by atoms with E-state index in [2.05, 4.69) is 5.32 Å². The van der Waals surface area contributed by atoms with Crippen LogP contribution in [0.4, 0.5) is 5.69 Å². The largest absolute Gasteiger partial charge is 0.322 e. The molecule has 0 spiro atoms. The first-order chi connectivity index (χ1) is 9.15. The predicted octanol–water partition coefficient (Wildman–Crippen LogP) is 4.38. The van der Waals surface area contributed by atoms with E-state index in [9.17, 15) is 4.79 Å². The minimum absolute atomic E-state index is 0.119. The van der Waals surface area contributed by atoms with Gasteiger partial charge in [-0.05, 0) is 42.8 Å². The summed E-state index contributed by atoms with van der Waals surface area (Å²) in [5.74, 6) is -0.119. The second kappa shape index (κ2) is 6.21. The van der Waals surface area contributed by atoms with Crippen molar-refractivity contribution in [1.82, 2.24) is 0 Å². The molecule has 0 unspecified atom stereocenters. The number of hydrogen-bond donors (Lipinski definition) is 1. The lowest BCUT2D eigenvalue weighted by Gasteiger charge is -2.05. The molecule has 0 saturated heterocycles. The minimum atomic E-state index is -0.119. The summed E-state index contributed by atoms with van der Waals surface area (Å²) in [4.78, 5) is 12.0. The fourth-order valence-corrected chi connectivity index (χ4v) is 1.75. The van der Waals surface area contributed by atoms with E-state index in [4.69, 9.17) is 11.6 Å². The molecule has 2 rings (SSSR count). The van der Waals surface area contributed by atoms with Gasteiger partial charge in [0.2, 0.25) is 0 Å². The molecule has 19 heavy (non-hydrogen) atoms. The van der Waals surface area contributed by atoms with Gasteiger partial charge in [-0.25, -0.2) is 0 Å². The maximum absolute atomic E-state index is 12.0. The van der Waals surface area contributed by atoms with Crippen LogP contribution in [0.2, 0.25) is 5.02 Å². The second-order valence-electron chi connectivity index (χ2n) is 4.20. The fourth-order valence-electron chi connectivity index (χ4n) is 1.63. The fraction of sp³-hybridized carbons (Fsp3) is 0.0625. The van der Waals surface area contributed by atoms with Gasteiger partial charge in [-0.1, -0.05) is 41.9 Å². The van der Waals surface area contributed by atoms with Gasteiger partial charge in [0, 0.05) is 16.3 Å². The van der Waals surface area contributed by atoms with Crippen LogP contribution in [-0.2, 0) is 4.79 Å². The van der Waals surface area contributed by atoms with Crippen LogP contribution in [0.25, 0.3) is 6.08 Å². The van der Waals surface area contributed by atoms with Crippen LogP contribution in [0, 0.1) is 0 Å². The molecule has 2 aromatic rings. The summed E-state index contributed by atoms with van der Waals surface area (Å²) >= 11 is 5.79. The Bertz CT molecular complexity index is 588. The molecule has 0 aliphatic carbocycles. The Balaban J connectivity index is 2.07. The van der Waals surface area contributed by atoms with E-state index < -0.39 is 0 Å². The van der Waals surface area contributed by atoms with Gasteiger partial charge in [0.15, 0.2) is 0 Å². The highest BCUT2D eigenvalue weighted by molar-refractivity contribution is 6.30. The molecule has 0 fully saturated rings. The number of carbonyl (C=O) groups excluding carboxylic acids is 1. The molecular formula is C16H14ClNO. The molecule has 2 aromatic carbocycles. The van der Waals surface area contributed by atoms with E-state index in [0.29, 0.717) is 10.6 Å². The first-order valence-corrected chi connectivity index (χ1v) is 6.33. The van der Waals surface area contributed by atoms with Crippen LogP contribution in [0.15, 0.2) is 60.2 Å². The van der Waals surface area contributed by atoms with Gasteiger partial charge in [0.25, 0.3) is 5.91 Å². The number of halogens is 1. The molecule has 2 nitrogen and oxygen atoms in total. The molecule has 0 bridgehead atoms. The van der Waals surface area contributed by atoms with Crippen LogP contribution < -0.4 is 5.32 Å². The van der Waals surface area contributed by atoms with Crippen molar-refractivity contribution in [3.63, 3.8) is 0 Å². The standard InChI is InChI=1S/C16H14ClNO/c1-12(11-13-5-3-2-4-6-13)16(19)18-15-9-7-14(17)8-10-15/h2-11H,1H3,(H,18,19). The molecule has 0 atom stereocenters.